The second-order valence-electron chi connectivity index (χ2n) is 5.78. The monoisotopic (exact) mass is 310 g/mol. The van der Waals surface area contributed by atoms with Gasteiger partial charge in [-0.2, -0.15) is 0 Å². The van der Waals surface area contributed by atoms with Gasteiger partial charge in [0.2, 0.25) is 0 Å². The van der Waals surface area contributed by atoms with Crippen LogP contribution in [0.4, 0.5) is 4.79 Å². The predicted octanol–water partition coefficient (Wildman–Crippen LogP) is 2.74. The highest BCUT2D eigenvalue weighted by Gasteiger charge is 2.21. The van der Waals surface area contributed by atoms with Crippen LogP contribution in [0, 0.1) is 0 Å². The summed E-state index contributed by atoms with van der Waals surface area (Å²) in [4.78, 5) is 11.9. The van der Waals surface area contributed by atoms with Crippen LogP contribution >= 0.6 is 0 Å². The average molecular weight is 310 g/mol. The molecule has 5 nitrogen and oxygen atoms in total. The highest BCUT2D eigenvalue weighted by Crippen LogP contribution is 2.18. The van der Waals surface area contributed by atoms with Crippen molar-refractivity contribution in [1.29, 1.82) is 0 Å². The van der Waals surface area contributed by atoms with E-state index in [2.05, 4.69) is 10.0 Å². The number of urea groups is 1. The Balaban J connectivity index is 2.01. The predicted molar refractivity (Wildman–Crippen MR) is 81.6 cm³/mol. The van der Waals surface area contributed by atoms with Crippen molar-refractivity contribution < 1.29 is 13.2 Å². The van der Waals surface area contributed by atoms with Crippen LogP contribution in [0.1, 0.15) is 51.0 Å². The maximum absolute atomic E-state index is 12.1. The molecule has 2 N–H and O–H groups in total. The molecule has 0 bridgehead atoms. The number of hydrogen-bond acceptors (Lipinski definition) is 3. The maximum Gasteiger partial charge on any atom is 0.328 e. The quantitative estimate of drug-likeness (QED) is 0.898. The zero-order chi connectivity index (χ0) is 15.5. The van der Waals surface area contributed by atoms with E-state index < -0.39 is 16.1 Å². The molecular formula is C15H22N2O3S. The molecule has 1 aliphatic carbocycles. The van der Waals surface area contributed by atoms with Crippen molar-refractivity contribution in [2.24, 2.45) is 0 Å². The lowest BCUT2D eigenvalue weighted by Crippen LogP contribution is -2.43. The van der Waals surface area contributed by atoms with Gasteiger partial charge in [0.15, 0.2) is 0 Å². The number of nitrogens with one attached hydrogen (secondary N) is 2. The topological polar surface area (TPSA) is 75.3 Å². The van der Waals surface area contributed by atoms with Crippen molar-refractivity contribution in [2.45, 2.75) is 56.4 Å². The maximum atomic E-state index is 12.1. The first kappa shape index (κ1) is 15.8. The van der Waals surface area contributed by atoms with Gasteiger partial charge in [-0.3, -0.25) is 0 Å². The molecule has 6 heteroatoms. The van der Waals surface area contributed by atoms with E-state index in [1.165, 1.54) is 12.1 Å². The van der Waals surface area contributed by atoms with E-state index in [9.17, 15) is 13.2 Å². The molecule has 2 rings (SSSR count). The lowest BCUT2D eigenvalue weighted by atomic mass is 10.0. The van der Waals surface area contributed by atoms with E-state index in [0.717, 1.165) is 31.2 Å². The van der Waals surface area contributed by atoms with Crippen LogP contribution in [-0.2, 0) is 10.0 Å². The van der Waals surface area contributed by atoms with Gasteiger partial charge in [-0.1, -0.05) is 38.8 Å². The average Bonchev–Trinajstić information content (AvgIpc) is 2.90. The van der Waals surface area contributed by atoms with Crippen LogP contribution in [0.5, 0.6) is 0 Å². The number of carbonyl (C=O) groups is 1. The fourth-order valence-electron chi connectivity index (χ4n) is 2.50. The van der Waals surface area contributed by atoms with Crippen LogP contribution in [-0.4, -0.2) is 20.5 Å². The highest BCUT2D eigenvalue weighted by molar-refractivity contribution is 7.90. The molecular weight excluding hydrogens is 288 g/mol. The van der Waals surface area contributed by atoms with Gasteiger partial charge in [-0.15, -0.1) is 0 Å². The molecule has 0 spiro atoms. The Kier molecular flexibility index (Phi) is 4.88. The number of amides is 2. The van der Waals surface area contributed by atoms with Gasteiger partial charge in [-0.05, 0) is 36.5 Å². The fraction of sp³-hybridized carbons (Fsp3) is 0.533. The number of benzene rings is 1. The van der Waals surface area contributed by atoms with Crippen LogP contribution in [0.2, 0.25) is 0 Å². The first-order chi connectivity index (χ1) is 9.88. The van der Waals surface area contributed by atoms with Crippen molar-refractivity contribution in [3.05, 3.63) is 29.8 Å². The number of sulfonamides is 1. The molecule has 2 amide bonds. The molecule has 0 atom stereocenters. The van der Waals surface area contributed by atoms with E-state index in [1.807, 2.05) is 13.8 Å². The Morgan fingerprint density at radius 1 is 1.14 bits per heavy atom. The lowest BCUT2D eigenvalue weighted by molar-refractivity contribution is 0.242. The largest absolute Gasteiger partial charge is 0.335 e. The molecule has 1 saturated carbocycles. The Morgan fingerprint density at radius 3 is 2.24 bits per heavy atom. The smallest absolute Gasteiger partial charge is 0.328 e. The molecule has 1 aromatic rings. The van der Waals surface area contributed by atoms with Crippen LogP contribution < -0.4 is 10.0 Å². The molecule has 0 radical (unpaired) electrons. The molecule has 21 heavy (non-hydrogen) atoms. The second kappa shape index (κ2) is 6.47. The highest BCUT2D eigenvalue weighted by atomic mass is 32.2. The number of carbonyl (C=O) groups excluding carboxylic acids is 1. The van der Waals surface area contributed by atoms with Gasteiger partial charge in [-0.25, -0.2) is 17.9 Å². The SMILES string of the molecule is CC(C)c1ccc(S(=O)(=O)NC(=O)NC2CCCC2)cc1. The third-order valence-electron chi connectivity index (χ3n) is 3.77. The molecule has 0 unspecified atom stereocenters. The summed E-state index contributed by atoms with van der Waals surface area (Å²) in [6, 6.07) is 6.04. The second-order valence-corrected chi connectivity index (χ2v) is 7.47. The Morgan fingerprint density at radius 2 is 1.71 bits per heavy atom. The molecule has 1 aliphatic rings. The van der Waals surface area contributed by atoms with Crippen molar-refractivity contribution in [1.82, 2.24) is 10.0 Å². The van der Waals surface area contributed by atoms with E-state index in [4.69, 9.17) is 0 Å². The standard InChI is InChI=1S/C15H22N2O3S/c1-11(2)12-7-9-14(10-8-12)21(19,20)17-15(18)16-13-5-3-4-6-13/h7-11,13H,3-6H2,1-2H3,(H2,16,17,18). The zero-order valence-electron chi connectivity index (χ0n) is 12.4. The van der Waals surface area contributed by atoms with Gasteiger partial charge in [0.25, 0.3) is 10.0 Å². The summed E-state index contributed by atoms with van der Waals surface area (Å²) >= 11 is 0. The summed E-state index contributed by atoms with van der Waals surface area (Å²) in [5.74, 6) is 0.334. The van der Waals surface area contributed by atoms with E-state index >= 15 is 0 Å². The van der Waals surface area contributed by atoms with Crippen molar-refractivity contribution >= 4 is 16.1 Å². The Hall–Kier alpha value is -1.56. The number of hydrogen-bond donors (Lipinski definition) is 2. The third kappa shape index (κ3) is 4.20. The first-order valence-electron chi connectivity index (χ1n) is 7.32. The molecule has 0 aliphatic heterocycles. The van der Waals surface area contributed by atoms with Crippen LogP contribution in [0.15, 0.2) is 29.2 Å². The summed E-state index contributed by atoms with van der Waals surface area (Å²) < 4.78 is 26.3. The van der Waals surface area contributed by atoms with Gasteiger partial charge in [0, 0.05) is 6.04 Å². The van der Waals surface area contributed by atoms with Crippen LogP contribution in [0.25, 0.3) is 0 Å². The summed E-state index contributed by atoms with van der Waals surface area (Å²) in [7, 11) is -3.81. The van der Waals surface area contributed by atoms with Gasteiger partial charge < -0.3 is 5.32 Å². The van der Waals surface area contributed by atoms with Gasteiger partial charge in [0.05, 0.1) is 4.90 Å². The number of rotatable bonds is 4. The Bertz CT molecular complexity index is 588. The summed E-state index contributed by atoms with van der Waals surface area (Å²) in [6.07, 6.45) is 3.98. The Labute approximate surface area is 126 Å². The van der Waals surface area contributed by atoms with Crippen molar-refractivity contribution in [3.8, 4) is 0 Å². The van der Waals surface area contributed by atoms with E-state index in [1.54, 1.807) is 12.1 Å². The van der Waals surface area contributed by atoms with Gasteiger partial charge in [0.1, 0.15) is 0 Å². The zero-order valence-corrected chi connectivity index (χ0v) is 13.2. The summed E-state index contributed by atoms with van der Waals surface area (Å²) in [5, 5.41) is 2.71. The van der Waals surface area contributed by atoms with Crippen molar-refractivity contribution in [3.63, 3.8) is 0 Å². The molecule has 0 heterocycles. The summed E-state index contributed by atoms with van der Waals surface area (Å²) in [6.45, 7) is 4.08. The van der Waals surface area contributed by atoms with Crippen LogP contribution in [0.3, 0.4) is 0 Å². The van der Waals surface area contributed by atoms with Crippen molar-refractivity contribution in [2.75, 3.05) is 0 Å². The lowest BCUT2D eigenvalue weighted by Gasteiger charge is -2.13. The minimum Gasteiger partial charge on any atom is -0.335 e. The minimum absolute atomic E-state index is 0.0866. The minimum atomic E-state index is -3.81. The van der Waals surface area contributed by atoms with E-state index in [0.29, 0.717) is 5.92 Å². The molecule has 1 fully saturated rings. The molecule has 0 saturated heterocycles. The van der Waals surface area contributed by atoms with E-state index in [-0.39, 0.29) is 10.9 Å². The first-order valence-corrected chi connectivity index (χ1v) is 8.80. The molecule has 116 valence electrons. The fourth-order valence-corrected chi connectivity index (χ4v) is 3.41. The normalized spacial score (nSPS) is 16.1. The molecule has 0 aromatic heterocycles. The third-order valence-corrected chi connectivity index (χ3v) is 5.12. The molecule has 1 aromatic carbocycles. The summed E-state index contributed by atoms with van der Waals surface area (Å²) in [5.41, 5.74) is 1.06. The van der Waals surface area contributed by atoms with Gasteiger partial charge >= 0.3 is 6.03 Å².